The van der Waals surface area contributed by atoms with Crippen LogP contribution in [0.25, 0.3) is 0 Å². The van der Waals surface area contributed by atoms with Crippen molar-refractivity contribution in [3.63, 3.8) is 0 Å². The Morgan fingerprint density at radius 3 is 2.38 bits per heavy atom. The molecule has 5 rings (SSSR count). The predicted octanol–water partition coefficient (Wildman–Crippen LogP) is 4.64. The summed E-state index contributed by atoms with van der Waals surface area (Å²) in [7, 11) is 2.20. The van der Waals surface area contributed by atoms with E-state index in [2.05, 4.69) is 11.1 Å². The molecule has 0 radical (unpaired) electrons. The van der Waals surface area contributed by atoms with E-state index in [4.69, 9.17) is 23.5 Å². The Morgan fingerprint density at radius 1 is 0.973 bits per heavy atom. The Labute approximate surface area is 215 Å². The van der Waals surface area contributed by atoms with Crippen molar-refractivity contribution >= 4 is 12.6 Å². The Hall–Kier alpha value is -4.47. The molecule has 37 heavy (non-hydrogen) atoms. The minimum atomic E-state index is -1.02. The number of ether oxygens (including phenoxy) is 3. The van der Waals surface area contributed by atoms with E-state index in [0.717, 1.165) is 35.4 Å². The molecule has 1 aliphatic heterocycles. The van der Waals surface area contributed by atoms with Gasteiger partial charge in [0, 0.05) is 24.1 Å². The zero-order chi connectivity index (χ0) is 25.9. The Bertz CT molecular complexity index is 1320. The zero-order valence-corrected chi connectivity index (χ0v) is 20.7. The van der Waals surface area contributed by atoms with Gasteiger partial charge in [0.05, 0.1) is 25.2 Å². The van der Waals surface area contributed by atoms with E-state index in [-0.39, 0.29) is 18.0 Å². The molecule has 1 aliphatic carbocycles. The third-order valence-electron chi connectivity index (χ3n) is 6.13. The molecule has 10 heteroatoms. The minimum absolute atomic E-state index is 0.122. The second-order valence-electron chi connectivity index (χ2n) is 8.75. The van der Waals surface area contributed by atoms with Gasteiger partial charge in [-0.05, 0) is 49.6 Å². The summed E-state index contributed by atoms with van der Waals surface area (Å²) in [6.45, 7) is 1.89. The van der Waals surface area contributed by atoms with Crippen molar-refractivity contribution in [2.24, 2.45) is 0 Å². The fourth-order valence-electron chi connectivity index (χ4n) is 4.36. The summed E-state index contributed by atoms with van der Waals surface area (Å²) < 4.78 is 28.5. The zero-order valence-electron chi connectivity index (χ0n) is 20.7. The first-order valence-electron chi connectivity index (χ1n) is 11.8. The van der Waals surface area contributed by atoms with Crippen LogP contribution < -0.4 is 19.7 Å². The molecule has 0 bridgehead atoms. The van der Waals surface area contributed by atoms with Gasteiger partial charge in [-0.1, -0.05) is 24.3 Å². The number of aryl methyl sites for hydroxylation is 1. The van der Waals surface area contributed by atoms with Gasteiger partial charge in [-0.15, -0.1) is 0 Å². The smallest absolute Gasteiger partial charge is 0.494 e. The molecular formula is C27H27BN2O7. The molecule has 190 valence electrons. The van der Waals surface area contributed by atoms with Crippen molar-refractivity contribution in [2.75, 3.05) is 14.2 Å². The normalized spacial score (nSPS) is 19.7. The second-order valence-corrected chi connectivity index (χ2v) is 8.75. The van der Waals surface area contributed by atoms with Gasteiger partial charge in [0.25, 0.3) is 11.9 Å². The van der Waals surface area contributed by atoms with Crippen LogP contribution in [-0.4, -0.2) is 41.4 Å². The number of aromatic nitrogens is 1. The number of hydrogen-bond donors (Lipinski definition) is 2. The largest absolute Gasteiger partial charge is 0.636 e. The highest BCUT2D eigenvalue weighted by molar-refractivity contribution is 6.61. The molecule has 0 fully saturated rings. The number of fused-ring (bicyclic) bond motifs is 1. The summed E-state index contributed by atoms with van der Waals surface area (Å²) in [5, 5.41) is 19.9. The molecule has 2 aromatic carbocycles. The molecule has 1 aromatic heterocycles. The number of methoxy groups -OCH3 is 1. The van der Waals surface area contributed by atoms with Crippen LogP contribution in [0.2, 0.25) is 0 Å². The van der Waals surface area contributed by atoms with E-state index in [0.29, 0.717) is 22.8 Å². The maximum absolute atomic E-state index is 9.96. The average molecular weight is 502 g/mol. The first-order chi connectivity index (χ1) is 17.9. The highest BCUT2D eigenvalue weighted by Gasteiger charge is 2.31. The molecule has 0 amide bonds. The number of rotatable bonds is 6. The molecule has 2 heterocycles. The quantitative estimate of drug-likeness (QED) is 0.467. The highest BCUT2D eigenvalue weighted by Crippen LogP contribution is 2.41. The molecule has 0 saturated heterocycles. The third kappa shape index (κ3) is 5.38. The monoisotopic (exact) mass is 502 g/mol. The minimum Gasteiger partial charge on any atom is -0.494 e. The summed E-state index contributed by atoms with van der Waals surface area (Å²) in [6, 6.07) is 16.8. The van der Waals surface area contributed by atoms with Crippen LogP contribution in [0.15, 0.2) is 78.9 Å². The molecule has 0 spiro atoms. The first kappa shape index (κ1) is 24.2. The van der Waals surface area contributed by atoms with Gasteiger partial charge >= 0.3 is 7.12 Å². The van der Waals surface area contributed by atoms with E-state index in [1.54, 1.807) is 44.5 Å². The maximum Gasteiger partial charge on any atom is 0.636 e. The first-order valence-corrected chi connectivity index (χ1v) is 11.8. The predicted molar refractivity (Wildman–Crippen MR) is 137 cm³/mol. The molecule has 2 aliphatic rings. The van der Waals surface area contributed by atoms with Crippen molar-refractivity contribution in [1.82, 2.24) is 9.88 Å². The van der Waals surface area contributed by atoms with Gasteiger partial charge in [-0.2, -0.15) is 0 Å². The van der Waals surface area contributed by atoms with Gasteiger partial charge in [-0.25, -0.2) is 4.98 Å². The van der Waals surface area contributed by atoms with E-state index < -0.39 is 7.12 Å². The van der Waals surface area contributed by atoms with Crippen LogP contribution in [0.3, 0.4) is 0 Å². The number of pyridine rings is 1. The van der Waals surface area contributed by atoms with Crippen molar-refractivity contribution in [3.05, 3.63) is 95.7 Å². The highest BCUT2D eigenvalue weighted by atomic mass is 16.7. The summed E-state index contributed by atoms with van der Waals surface area (Å²) >= 11 is 0. The molecule has 9 nitrogen and oxygen atoms in total. The number of aliphatic hydroxyl groups is 2. The van der Waals surface area contributed by atoms with E-state index in [1.807, 2.05) is 25.1 Å². The lowest BCUT2D eigenvalue weighted by Crippen LogP contribution is -2.37. The van der Waals surface area contributed by atoms with Crippen molar-refractivity contribution in [3.8, 4) is 23.1 Å². The van der Waals surface area contributed by atoms with Crippen LogP contribution >= 0.6 is 0 Å². The standard InChI is InChI=1S/C27H27BN2O7/c1-17-22(13-14-25(29-17)33-3)35-23-6-4-5-20-21(23)11-12-24(20)34-19-9-7-18(8-10-19)28-36-26(31)15-30(2)16-27(32)37-28/h4-10,13-16,24,31-32H,11-12H2,1-3H3/b26-15-,27-16-/t24-/m1/s1. The van der Waals surface area contributed by atoms with Gasteiger partial charge in [0.2, 0.25) is 5.88 Å². The lowest BCUT2D eigenvalue weighted by Gasteiger charge is -2.20. The SMILES string of the molecule is COc1ccc(Oc2cccc3c2CC[C@H]3Oc2ccc(B3O/C(O)=C\N(C)/C=C(/O)O3)cc2)c(C)n1. The van der Waals surface area contributed by atoms with E-state index >= 15 is 0 Å². The van der Waals surface area contributed by atoms with Crippen molar-refractivity contribution in [1.29, 1.82) is 0 Å². The number of benzene rings is 2. The van der Waals surface area contributed by atoms with Gasteiger partial charge in [-0.3, -0.25) is 0 Å². The lowest BCUT2D eigenvalue weighted by atomic mass is 9.79. The third-order valence-corrected chi connectivity index (χ3v) is 6.13. The topological polar surface area (TPSA) is 103 Å². The molecule has 1 atom stereocenters. The summed E-state index contributed by atoms with van der Waals surface area (Å²) in [4.78, 5) is 5.81. The van der Waals surface area contributed by atoms with Crippen LogP contribution in [0, 0.1) is 6.92 Å². The number of nitrogens with zero attached hydrogens (tertiary/aromatic N) is 2. The van der Waals surface area contributed by atoms with Crippen molar-refractivity contribution < 1.29 is 33.7 Å². The fourth-order valence-corrected chi connectivity index (χ4v) is 4.36. The molecule has 0 saturated carbocycles. The van der Waals surface area contributed by atoms with Crippen LogP contribution in [0.1, 0.15) is 29.3 Å². The van der Waals surface area contributed by atoms with Crippen LogP contribution in [0.5, 0.6) is 23.1 Å². The van der Waals surface area contributed by atoms with Gasteiger partial charge in [0.1, 0.15) is 23.4 Å². The van der Waals surface area contributed by atoms with Crippen LogP contribution in [0.4, 0.5) is 0 Å². The Morgan fingerprint density at radius 2 is 1.70 bits per heavy atom. The van der Waals surface area contributed by atoms with Gasteiger partial charge in [0.15, 0.2) is 0 Å². The van der Waals surface area contributed by atoms with Crippen molar-refractivity contribution in [2.45, 2.75) is 25.9 Å². The molecule has 3 aromatic rings. The number of hydrogen-bond acceptors (Lipinski definition) is 9. The average Bonchev–Trinajstić information content (AvgIpc) is 3.28. The number of aliphatic hydroxyl groups excluding tert-OH is 2. The van der Waals surface area contributed by atoms with Crippen LogP contribution in [-0.2, 0) is 15.7 Å². The van der Waals surface area contributed by atoms with Gasteiger partial charge < -0.3 is 38.6 Å². The molecule has 0 unspecified atom stereocenters. The summed E-state index contributed by atoms with van der Waals surface area (Å²) in [5.41, 5.74) is 3.55. The molecular weight excluding hydrogens is 475 g/mol. The maximum atomic E-state index is 9.96. The molecule has 2 N–H and O–H groups in total. The fraction of sp³-hybridized carbons (Fsp3) is 0.222. The summed E-state index contributed by atoms with van der Waals surface area (Å²) in [6.07, 6.45) is 4.17. The summed E-state index contributed by atoms with van der Waals surface area (Å²) in [5.74, 6) is 2.02. The Balaban J connectivity index is 1.29. The Kier molecular flexibility index (Phi) is 6.72. The second kappa shape index (κ2) is 10.3. The van der Waals surface area contributed by atoms with E-state index in [1.165, 1.54) is 17.3 Å². The lowest BCUT2D eigenvalue weighted by molar-refractivity contribution is 0.124. The van der Waals surface area contributed by atoms with E-state index in [9.17, 15) is 10.2 Å².